The van der Waals surface area contributed by atoms with Crippen molar-refractivity contribution in [2.45, 2.75) is 44.3 Å². The van der Waals surface area contributed by atoms with Crippen molar-refractivity contribution < 1.29 is 33.2 Å². The van der Waals surface area contributed by atoms with Gasteiger partial charge in [0.25, 0.3) is 0 Å². The number of hydrogen-bond acceptors (Lipinski definition) is 9. The first kappa shape index (κ1) is 38.0. The second kappa shape index (κ2) is 16.3. The van der Waals surface area contributed by atoms with Crippen LogP contribution in [-0.4, -0.2) is 71.5 Å². The average Bonchev–Trinajstić information content (AvgIpc) is 3.23. The van der Waals surface area contributed by atoms with Gasteiger partial charge in [0.1, 0.15) is 5.75 Å². The van der Waals surface area contributed by atoms with E-state index in [-0.39, 0.29) is 18.1 Å². The van der Waals surface area contributed by atoms with Crippen LogP contribution >= 0.6 is 0 Å². The molecule has 5 aromatic carbocycles. The first-order valence-corrected chi connectivity index (χ1v) is 19.4. The summed E-state index contributed by atoms with van der Waals surface area (Å²) in [7, 11) is 10.9. The molecule has 0 unspecified atom stereocenters. The number of hydrogen-bond donors (Lipinski definition) is 2. The highest BCUT2D eigenvalue weighted by molar-refractivity contribution is 5.90. The van der Waals surface area contributed by atoms with E-state index < -0.39 is 0 Å². The standard InChI is InChI=1S/C46H50N4O7/c1-49-18-16-30-22-38(52-3)41-25-34(30)36(49)20-28-12-14-33(15-13-28)56-40-24-32(35(26-39(40)53-4)48-46(51)47-27-29-10-8-7-9-11-29)21-37-43-31(17-19-50(37)2)23-42(54-5)44(55-6)45(43)57-41/h7-15,22-26,36-37H,16-21,27H2,1-6H3,(H2,47,48,51)/t36-,37-/m0/s1. The van der Waals surface area contributed by atoms with Gasteiger partial charge in [-0.2, -0.15) is 0 Å². The van der Waals surface area contributed by atoms with Crippen molar-refractivity contribution in [3.8, 4) is 46.0 Å². The van der Waals surface area contributed by atoms with Crippen molar-refractivity contribution >= 4 is 11.7 Å². The van der Waals surface area contributed by atoms with E-state index in [2.05, 4.69) is 64.9 Å². The Kier molecular flexibility index (Phi) is 10.9. The third-order valence-corrected chi connectivity index (χ3v) is 11.5. The second-order valence-electron chi connectivity index (χ2n) is 14.9. The van der Waals surface area contributed by atoms with Gasteiger partial charge in [0.05, 0.1) is 28.4 Å². The van der Waals surface area contributed by atoms with Gasteiger partial charge < -0.3 is 39.1 Å². The highest BCUT2D eigenvalue weighted by Gasteiger charge is 2.35. The smallest absolute Gasteiger partial charge is 0.319 e. The highest BCUT2D eigenvalue weighted by Crippen LogP contribution is 2.52. The summed E-state index contributed by atoms with van der Waals surface area (Å²) in [5.74, 6) is 4.62. The first-order valence-electron chi connectivity index (χ1n) is 19.4. The van der Waals surface area contributed by atoms with Crippen LogP contribution in [0.1, 0.15) is 51.0 Å². The molecule has 6 bridgehead atoms. The van der Waals surface area contributed by atoms with Gasteiger partial charge in [-0.25, -0.2) is 4.79 Å². The summed E-state index contributed by atoms with van der Waals surface area (Å²) in [6, 6.07) is 27.8. The number of urea groups is 1. The van der Waals surface area contributed by atoms with E-state index in [0.29, 0.717) is 64.6 Å². The van der Waals surface area contributed by atoms with Crippen molar-refractivity contribution in [3.63, 3.8) is 0 Å². The van der Waals surface area contributed by atoms with E-state index in [1.54, 1.807) is 28.4 Å². The lowest BCUT2D eigenvalue weighted by Gasteiger charge is -2.37. The zero-order valence-electron chi connectivity index (χ0n) is 33.4. The normalized spacial score (nSPS) is 17.5. The van der Waals surface area contributed by atoms with Gasteiger partial charge in [0.2, 0.25) is 5.75 Å². The van der Waals surface area contributed by atoms with Crippen molar-refractivity contribution in [1.82, 2.24) is 15.1 Å². The number of nitrogens with zero attached hydrogens (tertiary/aromatic N) is 2. The van der Waals surface area contributed by atoms with E-state index in [0.717, 1.165) is 54.6 Å². The van der Waals surface area contributed by atoms with E-state index in [4.69, 9.17) is 28.4 Å². The maximum absolute atomic E-state index is 13.5. The molecule has 2 atom stereocenters. The molecule has 2 amide bonds. The number of fused-ring (bicyclic) bond motifs is 2. The summed E-state index contributed by atoms with van der Waals surface area (Å²) in [6.07, 6.45) is 2.95. The Balaban J connectivity index is 1.30. The predicted octanol–water partition coefficient (Wildman–Crippen LogP) is 8.48. The number of rotatable bonds is 7. The molecule has 4 aliphatic heterocycles. The van der Waals surface area contributed by atoms with Crippen molar-refractivity contribution in [2.24, 2.45) is 0 Å². The van der Waals surface area contributed by atoms with Gasteiger partial charge >= 0.3 is 6.03 Å². The largest absolute Gasteiger partial charge is 0.493 e. The summed E-state index contributed by atoms with van der Waals surface area (Å²) in [5.41, 5.74) is 8.13. The third kappa shape index (κ3) is 7.65. The topological polar surface area (TPSA) is 103 Å². The summed E-state index contributed by atoms with van der Waals surface area (Å²) < 4.78 is 37.7. The maximum atomic E-state index is 13.5. The lowest BCUT2D eigenvalue weighted by atomic mass is 9.86. The first-order chi connectivity index (χ1) is 27.8. The van der Waals surface area contributed by atoms with E-state index >= 15 is 0 Å². The number of likely N-dealkylation sites (N-methyl/N-ethyl adjacent to an activating group) is 2. The molecule has 4 heterocycles. The minimum Gasteiger partial charge on any atom is -0.493 e. The molecule has 2 N–H and O–H groups in total. The molecule has 0 spiro atoms. The van der Waals surface area contributed by atoms with Crippen LogP contribution in [-0.2, 0) is 32.2 Å². The van der Waals surface area contributed by atoms with Gasteiger partial charge in [-0.05, 0) is 110 Å². The third-order valence-electron chi connectivity index (χ3n) is 11.5. The average molecular weight is 771 g/mol. The number of nitrogens with one attached hydrogen (secondary N) is 2. The van der Waals surface area contributed by atoms with Crippen LogP contribution in [0.15, 0.2) is 84.9 Å². The number of benzene rings is 5. The highest BCUT2D eigenvalue weighted by atomic mass is 16.5. The number of methoxy groups -OCH3 is 4. The molecule has 0 saturated carbocycles. The number of carbonyl (C=O) groups is 1. The van der Waals surface area contributed by atoms with Crippen LogP contribution in [0, 0.1) is 0 Å². The van der Waals surface area contributed by atoms with Gasteiger partial charge in [-0.1, -0.05) is 42.5 Å². The quantitative estimate of drug-likeness (QED) is 0.169. The summed E-state index contributed by atoms with van der Waals surface area (Å²) in [4.78, 5) is 18.3. The predicted molar refractivity (Wildman–Crippen MR) is 220 cm³/mol. The molecule has 296 valence electrons. The van der Waals surface area contributed by atoms with Crippen molar-refractivity contribution in [2.75, 3.05) is 60.9 Å². The van der Waals surface area contributed by atoms with E-state index in [1.165, 1.54) is 16.7 Å². The Bertz CT molecular complexity index is 2260. The summed E-state index contributed by atoms with van der Waals surface area (Å²) in [5, 5.41) is 6.14. The summed E-state index contributed by atoms with van der Waals surface area (Å²) in [6.45, 7) is 2.09. The van der Waals surface area contributed by atoms with Crippen LogP contribution in [0.4, 0.5) is 10.5 Å². The molecule has 57 heavy (non-hydrogen) atoms. The number of ether oxygens (including phenoxy) is 6. The monoisotopic (exact) mass is 770 g/mol. The van der Waals surface area contributed by atoms with Gasteiger partial charge in [0, 0.05) is 49.0 Å². The Morgan fingerprint density at radius 3 is 2.09 bits per heavy atom. The fourth-order valence-electron chi connectivity index (χ4n) is 8.40. The van der Waals surface area contributed by atoms with Crippen LogP contribution in [0.5, 0.6) is 46.0 Å². The number of amides is 2. The lowest BCUT2D eigenvalue weighted by molar-refractivity contribution is 0.220. The number of anilines is 1. The molecule has 11 nitrogen and oxygen atoms in total. The molecule has 0 saturated heterocycles. The molecular formula is C46H50N4O7. The Hall–Kier alpha value is -5.91. The Morgan fingerprint density at radius 1 is 0.702 bits per heavy atom. The van der Waals surface area contributed by atoms with Gasteiger partial charge in [-0.15, -0.1) is 0 Å². The van der Waals surface area contributed by atoms with Crippen LogP contribution in [0.2, 0.25) is 0 Å². The van der Waals surface area contributed by atoms with Crippen molar-refractivity contribution in [1.29, 1.82) is 0 Å². The molecule has 9 rings (SSSR count). The minimum absolute atomic E-state index is 0.111. The SMILES string of the molecule is COc1cc(NC(=O)NCc2ccccc2)c2cc1Oc1ccc(cc1)C[C@H]1c3cc(c(OC)cc3CCN1C)Oc1c(OC)c(OC)cc3c1[C@H](C2)N(C)CC3. The zero-order chi connectivity index (χ0) is 39.6. The van der Waals surface area contributed by atoms with Crippen molar-refractivity contribution in [3.05, 3.63) is 124 Å². The fourth-order valence-corrected chi connectivity index (χ4v) is 8.40. The molecule has 0 fully saturated rings. The molecule has 0 radical (unpaired) electrons. The van der Waals surface area contributed by atoms with Gasteiger partial charge in [-0.3, -0.25) is 9.80 Å². The van der Waals surface area contributed by atoms with Crippen LogP contribution in [0.3, 0.4) is 0 Å². The maximum Gasteiger partial charge on any atom is 0.319 e. The molecule has 0 aromatic heterocycles. The molecule has 11 heteroatoms. The molecule has 0 aliphatic carbocycles. The number of carbonyl (C=O) groups excluding carboxylic acids is 1. The fraction of sp³-hybridized carbons (Fsp3) is 0.326. The Morgan fingerprint density at radius 2 is 1.37 bits per heavy atom. The molecule has 4 aliphatic rings. The molecular weight excluding hydrogens is 721 g/mol. The second-order valence-corrected chi connectivity index (χ2v) is 14.9. The van der Waals surface area contributed by atoms with Crippen LogP contribution < -0.4 is 39.1 Å². The van der Waals surface area contributed by atoms with Crippen LogP contribution in [0.25, 0.3) is 0 Å². The Labute approximate surface area is 334 Å². The van der Waals surface area contributed by atoms with Gasteiger partial charge in [0.15, 0.2) is 34.5 Å². The summed E-state index contributed by atoms with van der Waals surface area (Å²) >= 11 is 0. The van der Waals surface area contributed by atoms with E-state index in [1.807, 2.05) is 54.6 Å². The lowest BCUT2D eigenvalue weighted by Crippen LogP contribution is -2.34. The zero-order valence-corrected chi connectivity index (χ0v) is 33.4. The van der Waals surface area contributed by atoms with E-state index in [9.17, 15) is 4.79 Å². The minimum atomic E-state index is -0.336. The molecule has 5 aromatic rings.